The normalized spacial score (nSPS) is 13.4. The number of carbonyl (C=O) groups is 2. The third kappa shape index (κ3) is 4.42. The van der Waals surface area contributed by atoms with Gasteiger partial charge in [0, 0.05) is 0 Å². The standard InChI is InChI=1S/C12H15NO5/c1-8(10(14)11(15)16)13-12(17)18-7-9-5-3-2-4-6-9/h2-6,8,10,14H,7H2,1H3,(H,13,17)(H,15,16). The van der Waals surface area contributed by atoms with Gasteiger partial charge in [0.15, 0.2) is 6.10 Å². The number of hydrogen-bond donors (Lipinski definition) is 3. The van der Waals surface area contributed by atoms with Crippen LogP contribution in [0.3, 0.4) is 0 Å². The molecule has 0 aliphatic carbocycles. The third-order valence-electron chi connectivity index (χ3n) is 2.28. The molecule has 0 fully saturated rings. The molecule has 98 valence electrons. The minimum atomic E-state index is -1.66. The average molecular weight is 253 g/mol. The highest BCUT2D eigenvalue weighted by atomic mass is 16.5. The van der Waals surface area contributed by atoms with Crippen molar-refractivity contribution < 1.29 is 24.5 Å². The molecule has 0 saturated carbocycles. The van der Waals surface area contributed by atoms with Crippen molar-refractivity contribution in [3.05, 3.63) is 35.9 Å². The Morgan fingerprint density at radius 3 is 2.50 bits per heavy atom. The molecule has 1 aromatic rings. The van der Waals surface area contributed by atoms with Gasteiger partial charge in [-0.15, -0.1) is 0 Å². The van der Waals surface area contributed by atoms with Crippen molar-refractivity contribution in [1.29, 1.82) is 0 Å². The largest absolute Gasteiger partial charge is 0.479 e. The molecule has 0 aliphatic heterocycles. The van der Waals surface area contributed by atoms with Gasteiger partial charge in [-0.2, -0.15) is 0 Å². The molecule has 1 rings (SSSR count). The first-order valence-electron chi connectivity index (χ1n) is 5.39. The summed E-state index contributed by atoms with van der Waals surface area (Å²) >= 11 is 0. The second kappa shape index (κ2) is 6.61. The SMILES string of the molecule is CC(NC(=O)OCc1ccccc1)C(O)C(=O)O. The number of alkyl carbamates (subject to hydrolysis) is 1. The van der Waals surface area contributed by atoms with Crippen LogP contribution in [0.2, 0.25) is 0 Å². The maximum Gasteiger partial charge on any atom is 0.407 e. The van der Waals surface area contributed by atoms with E-state index in [-0.39, 0.29) is 6.61 Å². The zero-order chi connectivity index (χ0) is 13.5. The first-order chi connectivity index (χ1) is 8.50. The number of carboxylic acids is 1. The number of rotatable bonds is 5. The third-order valence-corrected chi connectivity index (χ3v) is 2.28. The highest BCUT2D eigenvalue weighted by Gasteiger charge is 2.23. The minimum absolute atomic E-state index is 0.0859. The quantitative estimate of drug-likeness (QED) is 0.719. The maximum absolute atomic E-state index is 11.3. The second-order valence-electron chi connectivity index (χ2n) is 3.78. The molecule has 3 N–H and O–H groups in total. The van der Waals surface area contributed by atoms with E-state index >= 15 is 0 Å². The van der Waals surface area contributed by atoms with Crippen LogP contribution in [-0.4, -0.2) is 34.4 Å². The Hall–Kier alpha value is -2.08. The summed E-state index contributed by atoms with van der Waals surface area (Å²) in [6.45, 7) is 1.46. The predicted molar refractivity (Wildman–Crippen MR) is 62.9 cm³/mol. The number of amides is 1. The van der Waals surface area contributed by atoms with Gasteiger partial charge in [-0.25, -0.2) is 9.59 Å². The first-order valence-corrected chi connectivity index (χ1v) is 5.39. The molecule has 0 heterocycles. The summed E-state index contributed by atoms with van der Waals surface area (Å²) in [5, 5.41) is 19.9. The molecule has 0 radical (unpaired) electrons. The van der Waals surface area contributed by atoms with Crippen molar-refractivity contribution >= 4 is 12.1 Å². The van der Waals surface area contributed by atoms with Crippen LogP contribution in [0.15, 0.2) is 30.3 Å². The van der Waals surface area contributed by atoms with Crippen molar-refractivity contribution in [3.8, 4) is 0 Å². The molecule has 2 unspecified atom stereocenters. The number of aliphatic hydroxyl groups is 1. The van der Waals surface area contributed by atoms with Gasteiger partial charge in [0.05, 0.1) is 6.04 Å². The number of hydrogen-bond acceptors (Lipinski definition) is 4. The number of carbonyl (C=O) groups excluding carboxylic acids is 1. The van der Waals surface area contributed by atoms with E-state index in [2.05, 4.69) is 5.32 Å². The van der Waals surface area contributed by atoms with Crippen molar-refractivity contribution in [3.63, 3.8) is 0 Å². The summed E-state index contributed by atoms with van der Waals surface area (Å²) in [4.78, 5) is 21.8. The number of nitrogens with one attached hydrogen (secondary N) is 1. The van der Waals surface area contributed by atoms with E-state index < -0.39 is 24.2 Å². The summed E-state index contributed by atoms with van der Waals surface area (Å²) in [6.07, 6.45) is -2.43. The molecule has 2 atom stereocenters. The van der Waals surface area contributed by atoms with Gasteiger partial charge in [0.1, 0.15) is 6.61 Å². The lowest BCUT2D eigenvalue weighted by molar-refractivity contribution is -0.147. The lowest BCUT2D eigenvalue weighted by atomic mass is 10.2. The molecule has 18 heavy (non-hydrogen) atoms. The average Bonchev–Trinajstić information content (AvgIpc) is 2.36. The molecule has 0 bridgehead atoms. The van der Waals surface area contributed by atoms with Gasteiger partial charge in [0.25, 0.3) is 0 Å². The number of aliphatic carboxylic acids is 1. The van der Waals surface area contributed by atoms with Crippen molar-refractivity contribution in [2.75, 3.05) is 0 Å². The van der Waals surface area contributed by atoms with E-state index in [0.29, 0.717) is 0 Å². The van der Waals surface area contributed by atoms with Crippen molar-refractivity contribution in [1.82, 2.24) is 5.32 Å². The fourth-order valence-electron chi connectivity index (χ4n) is 1.24. The predicted octanol–water partition coefficient (Wildman–Crippen LogP) is 0.747. The minimum Gasteiger partial charge on any atom is -0.479 e. The molecule has 6 heteroatoms. The zero-order valence-corrected chi connectivity index (χ0v) is 9.87. The molecule has 0 aliphatic rings. The maximum atomic E-state index is 11.3. The van der Waals surface area contributed by atoms with E-state index in [4.69, 9.17) is 14.9 Å². The summed E-state index contributed by atoms with van der Waals surface area (Å²) in [5.41, 5.74) is 0.819. The summed E-state index contributed by atoms with van der Waals surface area (Å²) in [6, 6.07) is 8.13. The summed E-state index contributed by atoms with van der Waals surface area (Å²) in [7, 11) is 0. The van der Waals surface area contributed by atoms with Crippen LogP contribution in [0.5, 0.6) is 0 Å². The van der Waals surface area contributed by atoms with Crippen LogP contribution in [-0.2, 0) is 16.1 Å². The Labute approximate surface area is 104 Å². The molecule has 0 saturated heterocycles. The van der Waals surface area contributed by atoms with Gasteiger partial charge >= 0.3 is 12.1 Å². The van der Waals surface area contributed by atoms with E-state index in [1.807, 2.05) is 18.2 Å². The summed E-state index contributed by atoms with van der Waals surface area (Å²) in [5.74, 6) is -1.40. The van der Waals surface area contributed by atoms with Crippen LogP contribution < -0.4 is 5.32 Å². The van der Waals surface area contributed by atoms with Gasteiger partial charge in [-0.05, 0) is 12.5 Å². The Bertz CT molecular complexity index is 406. The zero-order valence-electron chi connectivity index (χ0n) is 9.87. The Balaban J connectivity index is 2.36. The van der Waals surface area contributed by atoms with Gasteiger partial charge in [0.2, 0.25) is 0 Å². The lowest BCUT2D eigenvalue weighted by Crippen LogP contribution is -2.45. The van der Waals surface area contributed by atoms with Gasteiger partial charge in [-0.1, -0.05) is 30.3 Å². The summed E-state index contributed by atoms with van der Waals surface area (Å²) < 4.78 is 4.87. The van der Waals surface area contributed by atoms with E-state index in [9.17, 15) is 9.59 Å². The molecular weight excluding hydrogens is 238 g/mol. The molecule has 1 amide bonds. The second-order valence-corrected chi connectivity index (χ2v) is 3.78. The fourth-order valence-corrected chi connectivity index (χ4v) is 1.24. The van der Waals surface area contributed by atoms with Gasteiger partial charge in [-0.3, -0.25) is 0 Å². The van der Waals surface area contributed by atoms with Crippen LogP contribution in [0, 0.1) is 0 Å². The van der Waals surface area contributed by atoms with E-state index in [1.165, 1.54) is 6.92 Å². The number of aliphatic hydroxyl groups excluding tert-OH is 1. The molecule has 0 aromatic heterocycles. The Morgan fingerprint density at radius 1 is 1.33 bits per heavy atom. The molecule has 0 spiro atoms. The van der Waals surface area contributed by atoms with Crippen LogP contribution >= 0.6 is 0 Å². The Kier molecular flexibility index (Phi) is 5.13. The number of ether oxygens (including phenoxy) is 1. The highest BCUT2D eigenvalue weighted by molar-refractivity contribution is 5.75. The molecular formula is C12H15NO5. The van der Waals surface area contributed by atoms with Crippen LogP contribution in [0.25, 0.3) is 0 Å². The lowest BCUT2D eigenvalue weighted by Gasteiger charge is -2.16. The highest BCUT2D eigenvalue weighted by Crippen LogP contribution is 2.01. The number of benzene rings is 1. The van der Waals surface area contributed by atoms with Crippen molar-refractivity contribution in [2.24, 2.45) is 0 Å². The molecule has 6 nitrogen and oxygen atoms in total. The van der Waals surface area contributed by atoms with Gasteiger partial charge < -0.3 is 20.3 Å². The van der Waals surface area contributed by atoms with E-state index in [1.54, 1.807) is 12.1 Å². The first kappa shape index (κ1) is 14.0. The van der Waals surface area contributed by atoms with E-state index in [0.717, 1.165) is 5.56 Å². The van der Waals surface area contributed by atoms with Crippen LogP contribution in [0.1, 0.15) is 12.5 Å². The topological polar surface area (TPSA) is 95.9 Å². The van der Waals surface area contributed by atoms with Crippen molar-refractivity contribution in [2.45, 2.75) is 25.7 Å². The fraction of sp³-hybridized carbons (Fsp3) is 0.333. The smallest absolute Gasteiger partial charge is 0.407 e. The Morgan fingerprint density at radius 2 is 1.94 bits per heavy atom. The molecule has 1 aromatic carbocycles. The van der Waals surface area contributed by atoms with Crippen LogP contribution in [0.4, 0.5) is 4.79 Å². The number of carboxylic acid groups (broad SMARTS) is 1. The monoisotopic (exact) mass is 253 g/mol.